The van der Waals surface area contributed by atoms with E-state index in [1.54, 1.807) is 34.6 Å². The first-order valence-corrected chi connectivity index (χ1v) is 12.0. The van der Waals surface area contributed by atoms with Crippen LogP contribution in [-0.2, 0) is 23.9 Å². The molecule has 0 saturated heterocycles. The van der Waals surface area contributed by atoms with E-state index in [1.807, 2.05) is 19.9 Å². The minimum Gasteiger partial charge on any atom is -0.444 e. The molecule has 0 aromatic heterocycles. The Labute approximate surface area is 213 Å². The molecular weight excluding hydrogens is 468 g/mol. The number of hydrogen-bond donors (Lipinski definition) is 5. The number of hydrogen-bond acceptors (Lipinski definition) is 7. The van der Waals surface area contributed by atoms with Gasteiger partial charge in [0, 0.05) is 6.42 Å². The summed E-state index contributed by atoms with van der Waals surface area (Å²) < 4.78 is 5.14. The molecule has 0 rings (SSSR count). The minimum absolute atomic E-state index is 0.0253. The number of alkyl carbamates (subject to hydrolysis) is 1. The molecule has 0 spiro atoms. The second kappa shape index (κ2) is 14.9. The molecule has 0 aromatic carbocycles. The Hall–Kier alpha value is -3.36. The fourth-order valence-electron chi connectivity index (χ4n) is 3.06. The fourth-order valence-corrected chi connectivity index (χ4v) is 3.06. The molecule has 0 unspecified atom stereocenters. The van der Waals surface area contributed by atoms with Crippen molar-refractivity contribution in [2.24, 2.45) is 17.6 Å². The van der Waals surface area contributed by atoms with Crippen molar-refractivity contribution in [1.29, 1.82) is 5.26 Å². The van der Waals surface area contributed by atoms with Crippen LogP contribution in [0, 0.1) is 23.2 Å². The van der Waals surface area contributed by atoms with Gasteiger partial charge in [0.15, 0.2) is 0 Å². The van der Waals surface area contributed by atoms with Crippen molar-refractivity contribution in [2.45, 2.75) is 104 Å². The summed E-state index contributed by atoms with van der Waals surface area (Å²) in [5.41, 5.74) is 4.37. The Bertz CT molecular complexity index is 830. The van der Waals surface area contributed by atoms with Crippen LogP contribution in [0.15, 0.2) is 0 Å². The van der Waals surface area contributed by atoms with Gasteiger partial charge in [-0.05, 0) is 52.4 Å². The van der Waals surface area contributed by atoms with Crippen LogP contribution in [0.25, 0.3) is 0 Å². The van der Waals surface area contributed by atoms with Gasteiger partial charge in [0.2, 0.25) is 23.6 Å². The first-order valence-electron chi connectivity index (χ1n) is 12.0. The molecule has 0 aliphatic carbocycles. The average Bonchev–Trinajstić information content (AvgIpc) is 2.71. The number of nitrogens with zero attached hydrogens (tertiary/aromatic N) is 1. The zero-order valence-electron chi connectivity index (χ0n) is 22.6. The number of amides is 5. The van der Waals surface area contributed by atoms with Gasteiger partial charge in [-0.3, -0.25) is 19.2 Å². The highest BCUT2D eigenvalue weighted by molar-refractivity contribution is 5.94. The molecule has 0 aliphatic rings. The Morgan fingerprint density at radius 3 is 1.92 bits per heavy atom. The second-order valence-corrected chi connectivity index (χ2v) is 10.5. The van der Waals surface area contributed by atoms with Crippen LogP contribution in [0.4, 0.5) is 4.79 Å². The van der Waals surface area contributed by atoms with Gasteiger partial charge < -0.3 is 31.7 Å². The highest BCUT2D eigenvalue weighted by Gasteiger charge is 2.31. The molecular formula is C24H42N6O6. The average molecular weight is 511 g/mol. The maximum atomic E-state index is 13.1. The van der Waals surface area contributed by atoms with Gasteiger partial charge in [-0.25, -0.2) is 4.79 Å². The van der Waals surface area contributed by atoms with Crippen LogP contribution in [0.5, 0.6) is 0 Å². The van der Waals surface area contributed by atoms with E-state index in [-0.39, 0.29) is 31.1 Å². The largest absolute Gasteiger partial charge is 0.444 e. The lowest BCUT2D eigenvalue weighted by molar-refractivity contribution is -0.133. The normalized spacial score (nSPS) is 14.6. The maximum absolute atomic E-state index is 13.1. The molecule has 0 aromatic rings. The lowest BCUT2D eigenvalue weighted by Gasteiger charge is -2.28. The van der Waals surface area contributed by atoms with Crippen molar-refractivity contribution in [2.75, 3.05) is 0 Å². The van der Waals surface area contributed by atoms with Crippen molar-refractivity contribution < 1.29 is 28.7 Å². The summed E-state index contributed by atoms with van der Waals surface area (Å²) in [4.78, 5) is 61.5. The van der Waals surface area contributed by atoms with E-state index in [0.717, 1.165) is 0 Å². The lowest BCUT2D eigenvalue weighted by Crippen LogP contribution is -2.58. The molecule has 12 heteroatoms. The summed E-state index contributed by atoms with van der Waals surface area (Å²) in [5, 5.41) is 19.5. The Morgan fingerprint density at radius 2 is 1.47 bits per heavy atom. The fraction of sp³-hybridized carbons (Fsp3) is 0.750. The summed E-state index contributed by atoms with van der Waals surface area (Å²) >= 11 is 0. The van der Waals surface area contributed by atoms with Crippen LogP contribution in [0.2, 0.25) is 0 Å². The number of carbonyl (C=O) groups is 5. The van der Waals surface area contributed by atoms with Gasteiger partial charge in [0.05, 0.1) is 6.07 Å². The smallest absolute Gasteiger partial charge is 0.408 e. The van der Waals surface area contributed by atoms with Crippen molar-refractivity contribution in [3.63, 3.8) is 0 Å². The predicted octanol–water partition coefficient (Wildman–Crippen LogP) is 0.845. The molecule has 4 atom stereocenters. The third-order valence-corrected chi connectivity index (χ3v) is 4.87. The van der Waals surface area contributed by atoms with Gasteiger partial charge in [-0.15, -0.1) is 0 Å². The van der Waals surface area contributed by atoms with E-state index in [0.29, 0.717) is 0 Å². The monoisotopic (exact) mass is 510 g/mol. The highest BCUT2D eigenvalue weighted by Crippen LogP contribution is 2.10. The molecule has 36 heavy (non-hydrogen) atoms. The van der Waals surface area contributed by atoms with Crippen molar-refractivity contribution in [3.05, 3.63) is 0 Å². The van der Waals surface area contributed by atoms with Crippen LogP contribution in [0.3, 0.4) is 0 Å². The van der Waals surface area contributed by atoms with Crippen LogP contribution < -0.4 is 27.0 Å². The third kappa shape index (κ3) is 13.5. The summed E-state index contributed by atoms with van der Waals surface area (Å²) in [6.07, 6.45) is -0.516. The first-order chi connectivity index (χ1) is 16.5. The SMILES string of the molecule is CC(C)C[C@H](NC(=O)[C@@H](NC(=O)[C@H](C)NC(=O)OC(C)(C)C)C(C)C)C(=O)N[C@H](C#N)CCC(N)=O. The molecule has 12 nitrogen and oxygen atoms in total. The lowest BCUT2D eigenvalue weighted by atomic mass is 9.99. The van der Waals surface area contributed by atoms with Gasteiger partial charge in [0.25, 0.3) is 0 Å². The number of ether oxygens (including phenoxy) is 1. The molecule has 0 saturated carbocycles. The standard InChI is InChI=1S/C24H42N6O6/c1-13(2)11-17(21(33)28-16(12-25)9-10-18(26)31)29-22(34)19(14(3)4)30-20(32)15(5)27-23(35)36-24(6,7)8/h13-17,19H,9-11H2,1-8H3,(H2,26,31)(H,27,35)(H,28,33)(H,29,34)(H,30,32)/t15-,16-,17-,19-/m0/s1. The zero-order chi connectivity index (χ0) is 28.2. The van der Waals surface area contributed by atoms with E-state index in [4.69, 9.17) is 10.5 Å². The molecule has 6 N–H and O–H groups in total. The highest BCUT2D eigenvalue weighted by atomic mass is 16.6. The molecule has 5 amide bonds. The summed E-state index contributed by atoms with van der Waals surface area (Å²) in [7, 11) is 0. The van der Waals surface area contributed by atoms with Crippen LogP contribution in [-0.4, -0.2) is 59.5 Å². The zero-order valence-corrected chi connectivity index (χ0v) is 22.6. The van der Waals surface area contributed by atoms with Crippen molar-refractivity contribution in [3.8, 4) is 6.07 Å². The number of nitriles is 1. The summed E-state index contributed by atoms with van der Waals surface area (Å²) in [6.45, 7) is 13.7. The number of nitrogens with two attached hydrogens (primary N) is 1. The summed E-state index contributed by atoms with van der Waals surface area (Å²) in [5.74, 6) is -2.68. The Kier molecular flexibility index (Phi) is 13.5. The quantitative estimate of drug-likeness (QED) is 0.242. The van der Waals surface area contributed by atoms with Crippen molar-refractivity contribution in [1.82, 2.24) is 21.3 Å². The molecule has 0 fully saturated rings. The van der Waals surface area contributed by atoms with E-state index in [2.05, 4.69) is 21.3 Å². The van der Waals surface area contributed by atoms with E-state index in [9.17, 15) is 29.2 Å². The van der Waals surface area contributed by atoms with Gasteiger partial charge in [-0.1, -0.05) is 27.7 Å². The minimum atomic E-state index is -0.996. The number of rotatable bonds is 13. The molecule has 0 bridgehead atoms. The Morgan fingerprint density at radius 1 is 0.889 bits per heavy atom. The Balaban J connectivity index is 5.36. The van der Waals surface area contributed by atoms with Gasteiger partial charge in [0.1, 0.15) is 29.8 Å². The first kappa shape index (κ1) is 32.6. The van der Waals surface area contributed by atoms with Crippen LogP contribution >= 0.6 is 0 Å². The van der Waals surface area contributed by atoms with E-state index >= 15 is 0 Å². The maximum Gasteiger partial charge on any atom is 0.408 e. The number of nitrogens with one attached hydrogen (secondary N) is 4. The molecule has 204 valence electrons. The number of carbonyl (C=O) groups excluding carboxylic acids is 5. The van der Waals surface area contributed by atoms with Gasteiger partial charge >= 0.3 is 6.09 Å². The summed E-state index contributed by atoms with van der Waals surface area (Å²) in [6, 6.07) is -1.99. The predicted molar refractivity (Wildman–Crippen MR) is 133 cm³/mol. The topological polar surface area (TPSA) is 193 Å². The number of primary amides is 1. The van der Waals surface area contributed by atoms with E-state index < -0.39 is 59.5 Å². The second-order valence-electron chi connectivity index (χ2n) is 10.5. The van der Waals surface area contributed by atoms with E-state index in [1.165, 1.54) is 6.92 Å². The van der Waals surface area contributed by atoms with Gasteiger partial charge in [-0.2, -0.15) is 5.26 Å². The molecule has 0 heterocycles. The molecule has 0 radical (unpaired) electrons. The third-order valence-electron chi connectivity index (χ3n) is 4.87. The van der Waals surface area contributed by atoms with Crippen LogP contribution in [0.1, 0.15) is 74.7 Å². The molecule has 0 aliphatic heterocycles. The van der Waals surface area contributed by atoms with Crippen molar-refractivity contribution >= 4 is 29.7 Å².